The van der Waals surface area contributed by atoms with Crippen molar-refractivity contribution >= 4 is 5.91 Å². The number of aryl methyl sites for hydroxylation is 1. The fraction of sp³-hybridized carbons (Fsp3) is 0.286. The van der Waals surface area contributed by atoms with Gasteiger partial charge in [-0.1, -0.05) is 13.0 Å². The molecule has 2 aromatic rings. The van der Waals surface area contributed by atoms with Crippen molar-refractivity contribution in [1.29, 1.82) is 0 Å². The van der Waals surface area contributed by atoms with Gasteiger partial charge in [-0.3, -0.25) is 4.79 Å². The molecule has 0 aliphatic heterocycles. The number of aromatic nitrogens is 2. The lowest BCUT2D eigenvalue weighted by Crippen LogP contribution is -2.29. The molecule has 0 saturated carbocycles. The van der Waals surface area contributed by atoms with E-state index < -0.39 is 0 Å². The van der Waals surface area contributed by atoms with Gasteiger partial charge in [0.05, 0.1) is 6.04 Å². The van der Waals surface area contributed by atoms with Crippen LogP contribution < -0.4 is 5.32 Å². The molecule has 4 nitrogen and oxygen atoms in total. The molecule has 2 N–H and O–H groups in total. The zero-order valence-electron chi connectivity index (χ0n) is 10.9. The highest BCUT2D eigenvalue weighted by Crippen LogP contribution is 2.14. The molecule has 100 valence electrons. The summed E-state index contributed by atoms with van der Waals surface area (Å²) < 4.78 is 13.4. The standard InChI is InChI=1S/C14H16FN3O/c1-3-12(13-16-6-7-17-13)18-14(19)10-5-4-9(2)11(15)8-10/h4-8,12H,3H2,1-2H3,(H,16,17)(H,18,19). The van der Waals surface area contributed by atoms with E-state index in [1.165, 1.54) is 6.07 Å². The highest BCUT2D eigenvalue weighted by Gasteiger charge is 2.16. The van der Waals surface area contributed by atoms with Gasteiger partial charge in [0.15, 0.2) is 0 Å². The van der Waals surface area contributed by atoms with Crippen molar-refractivity contribution in [1.82, 2.24) is 15.3 Å². The van der Waals surface area contributed by atoms with E-state index in [1.54, 1.807) is 31.5 Å². The van der Waals surface area contributed by atoms with Crippen LogP contribution in [0.3, 0.4) is 0 Å². The van der Waals surface area contributed by atoms with Gasteiger partial charge in [-0.25, -0.2) is 9.37 Å². The molecule has 5 heteroatoms. The highest BCUT2D eigenvalue weighted by atomic mass is 19.1. The largest absolute Gasteiger partial charge is 0.347 e. The van der Waals surface area contributed by atoms with Crippen molar-refractivity contribution in [3.05, 3.63) is 53.4 Å². The smallest absolute Gasteiger partial charge is 0.251 e. The van der Waals surface area contributed by atoms with Crippen molar-refractivity contribution in [3.8, 4) is 0 Å². The summed E-state index contributed by atoms with van der Waals surface area (Å²) in [6, 6.07) is 4.26. The van der Waals surface area contributed by atoms with Gasteiger partial charge in [0.2, 0.25) is 0 Å². The van der Waals surface area contributed by atoms with Crippen LogP contribution in [-0.2, 0) is 0 Å². The minimum absolute atomic E-state index is 0.202. The second-order valence-corrected chi connectivity index (χ2v) is 4.37. The van der Waals surface area contributed by atoms with Crippen molar-refractivity contribution in [3.63, 3.8) is 0 Å². The number of nitrogens with one attached hydrogen (secondary N) is 2. The first-order valence-corrected chi connectivity index (χ1v) is 6.18. The quantitative estimate of drug-likeness (QED) is 0.889. The Morgan fingerprint density at radius 2 is 2.32 bits per heavy atom. The van der Waals surface area contributed by atoms with E-state index in [1.807, 2.05) is 6.92 Å². The van der Waals surface area contributed by atoms with Gasteiger partial charge in [-0.2, -0.15) is 0 Å². The van der Waals surface area contributed by atoms with E-state index in [0.717, 1.165) is 0 Å². The zero-order valence-corrected chi connectivity index (χ0v) is 10.9. The van der Waals surface area contributed by atoms with Gasteiger partial charge in [0.1, 0.15) is 11.6 Å². The zero-order chi connectivity index (χ0) is 13.8. The van der Waals surface area contributed by atoms with Crippen LogP contribution in [0.4, 0.5) is 4.39 Å². The van der Waals surface area contributed by atoms with Gasteiger partial charge >= 0.3 is 0 Å². The Kier molecular flexibility index (Phi) is 3.94. The summed E-state index contributed by atoms with van der Waals surface area (Å²) in [5.74, 6) is 0.0179. The summed E-state index contributed by atoms with van der Waals surface area (Å²) in [7, 11) is 0. The molecule has 0 saturated heterocycles. The molecule has 19 heavy (non-hydrogen) atoms. The minimum atomic E-state index is -0.376. The summed E-state index contributed by atoms with van der Waals surface area (Å²) in [6.07, 6.45) is 4.04. The molecular weight excluding hydrogens is 245 g/mol. The first-order chi connectivity index (χ1) is 9.11. The number of imidazole rings is 1. The fourth-order valence-electron chi connectivity index (χ4n) is 1.81. The van der Waals surface area contributed by atoms with Crippen LogP contribution in [-0.4, -0.2) is 15.9 Å². The molecule has 0 fully saturated rings. The molecule has 1 aromatic heterocycles. The summed E-state index contributed by atoms with van der Waals surface area (Å²) >= 11 is 0. The Labute approximate surface area is 111 Å². The fourth-order valence-corrected chi connectivity index (χ4v) is 1.81. The van der Waals surface area contributed by atoms with Gasteiger partial charge < -0.3 is 10.3 Å². The van der Waals surface area contributed by atoms with E-state index >= 15 is 0 Å². The Hall–Kier alpha value is -2.17. The highest BCUT2D eigenvalue weighted by molar-refractivity contribution is 5.94. The Morgan fingerprint density at radius 3 is 2.89 bits per heavy atom. The maximum atomic E-state index is 13.4. The first-order valence-electron chi connectivity index (χ1n) is 6.18. The monoisotopic (exact) mass is 261 g/mol. The van der Waals surface area contributed by atoms with Crippen LogP contribution in [0.1, 0.15) is 41.1 Å². The molecule has 1 unspecified atom stereocenters. The summed E-state index contributed by atoms with van der Waals surface area (Å²) in [6.45, 7) is 3.61. The Balaban J connectivity index is 2.13. The molecule has 0 aliphatic carbocycles. The first kappa shape index (κ1) is 13.3. The summed E-state index contributed by atoms with van der Waals surface area (Å²) in [5, 5.41) is 2.83. The Bertz CT molecular complexity index is 566. The summed E-state index contributed by atoms with van der Waals surface area (Å²) in [5.41, 5.74) is 0.836. The van der Waals surface area contributed by atoms with Crippen LogP contribution >= 0.6 is 0 Å². The number of rotatable bonds is 4. The van der Waals surface area contributed by atoms with Gasteiger partial charge in [0, 0.05) is 18.0 Å². The lowest BCUT2D eigenvalue weighted by atomic mass is 10.1. The molecule has 1 amide bonds. The van der Waals surface area contributed by atoms with Crippen molar-refractivity contribution in [2.24, 2.45) is 0 Å². The van der Waals surface area contributed by atoms with Crippen LogP contribution in [0.15, 0.2) is 30.6 Å². The van der Waals surface area contributed by atoms with Gasteiger partial charge in [0.25, 0.3) is 5.91 Å². The minimum Gasteiger partial charge on any atom is -0.347 e. The van der Waals surface area contributed by atoms with E-state index in [4.69, 9.17) is 0 Å². The van der Waals surface area contributed by atoms with Gasteiger partial charge in [-0.15, -0.1) is 0 Å². The van der Waals surface area contributed by atoms with E-state index in [9.17, 15) is 9.18 Å². The van der Waals surface area contributed by atoms with Crippen LogP contribution in [0, 0.1) is 12.7 Å². The number of aromatic amines is 1. The average Bonchev–Trinajstić information content (AvgIpc) is 2.92. The van der Waals surface area contributed by atoms with Crippen molar-refractivity contribution in [2.75, 3.05) is 0 Å². The molecule has 1 aromatic carbocycles. The number of hydrogen-bond donors (Lipinski definition) is 2. The topological polar surface area (TPSA) is 57.8 Å². The molecule has 1 heterocycles. The third-order valence-corrected chi connectivity index (χ3v) is 3.00. The second kappa shape index (κ2) is 5.65. The average molecular weight is 261 g/mol. The van der Waals surface area contributed by atoms with Crippen LogP contribution in [0.2, 0.25) is 0 Å². The van der Waals surface area contributed by atoms with Crippen molar-refractivity contribution < 1.29 is 9.18 Å². The van der Waals surface area contributed by atoms with Crippen LogP contribution in [0.25, 0.3) is 0 Å². The maximum absolute atomic E-state index is 13.4. The Morgan fingerprint density at radius 1 is 1.53 bits per heavy atom. The molecule has 1 atom stereocenters. The molecule has 0 bridgehead atoms. The maximum Gasteiger partial charge on any atom is 0.251 e. The number of amides is 1. The molecule has 2 rings (SSSR count). The number of benzene rings is 1. The number of carbonyl (C=O) groups is 1. The molecule has 0 radical (unpaired) electrons. The predicted molar refractivity (Wildman–Crippen MR) is 70.2 cm³/mol. The summed E-state index contributed by atoms with van der Waals surface area (Å²) in [4.78, 5) is 19.1. The van der Waals surface area contributed by atoms with E-state index in [2.05, 4.69) is 15.3 Å². The number of hydrogen-bond acceptors (Lipinski definition) is 2. The molecule has 0 aliphatic rings. The third kappa shape index (κ3) is 2.99. The van der Waals surface area contributed by atoms with Gasteiger partial charge in [-0.05, 0) is 31.0 Å². The number of halogens is 1. The normalized spacial score (nSPS) is 12.2. The second-order valence-electron chi connectivity index (χ2n) is 4.37. The number of carbonyl (C=O) groups excluding carboxylic acids is 1. The predicted octanol–water partition coefficient (Wildman–Crippen LogP) is 2.74. The van der Waals surface area contributed by atoms with Crippen LogP contribution in [0.5, 0.6) is 0 Å². The molecular formula is C14H16FN3O. The number of nitrogens with zero attached hydrogens (tertiary/aromatic N) is 1. The van der Waals surface area contributed by atoms with E-state index in [0.29, 0.717) is 23.4 Å². The molecule has 0 spiro atoms. The lowest BCUT2D eigenvalue weighted by Gasteiger charge is -2.14. The number of H-pyrrole nitrogens is 1. The lowest BCUT2D eigenvalue weighted by molar-refractivity contribution is 0.0933. The van der Waals surface area contributed by atoms with Crippen molar-refractivity contribution in [2.45, 2.75) is 26.3 Å². The third-order valence-electron chi connectivity index (χ3n) is 3.00. The van der Waals surface area contributed by atoms with E-state index in [-0.39, 0.29) is 17.8 Å². The SMILES string of the molecule is CCC(NC(=O)c1ccc(C)c(F)c1)c1ncc[nH]1.